The molecule has 1 aliphatic heterocycles. The van der Waals surface area contributed by atoms with Crippen molar-refractivity contribution in [3.05, 3.63) is 54.2 Å². The summed E-state index contributed by atoms with van der Waals surface area (Å²) in [6.45, 7) is 1.27. The van der Waals surface area contributed by atoms with Crippen molar-refractivity contribution < 1.29 is 22.7 Å². The summed E-state index contributed by atoms with van der Waals surface area (Å²) in [7, 11) is 0. The Morgan fingerprint density at radius 3 is 2.32 bits per heavy atom. The van der Waals surface area contributed by atoms with Crippen LogP contribution < -0.4 is 9.64 Å². The number of benzene rings is 1. The first kappa shape index (κ1) is 17.3. The van der Waals surface area contributed by atoms with E-state index in [1.54, 1.807) is 0 Å². The van der Waals surface area contributed by atoms with Gasteiger partial charge in [0.1, 0.15) is 11.6 Å². The molecule has 1 aromatic carbocycles. The number of carbonyl (C=O) groups is 1. The molecule has 2 aromatic rings. The van der Waals surface area contributed by atoms with Crippen molar-refractivity contribution >= 4 is 11.6 Å². The molecule has 1 fully saturated rings. The van der Waals surface area contributed by atoms with E-state index in [4.69, 9.17) is 0 Å². The van der Waals surface area contributed by atoms with Crippen LogP contribution in [0.15, 0.2) is 48.7 Å². The van der Waals surface area contributed by atoms with E-state index in [1.807, 2.05) is 35.2 Å². The first-order valence-electron chi connectivity index (χ1n) is 7.98. The average Bonchev–Trinajstić information content (AvgIpc) is 2.61. The number of aromatic nitrogens is 1. The SMILES string of the molecule is O=C(c1ccccc1)C1CCN(c2ccc(OC(F)(F)F)cn2)CC1. The van der Waals surface area contributed by atoms with Crippen LogP contribution in [0.4, 0.5) is 19.0 Å². The summed E-state index contributed by atoms with van der Waals surface area (Å²) < 4.78 is 40.3. The summed E-state index contributed by atoms with van der Waals surface area (Å²) in [6.07, 6.45) is -2.28. The second kappa shape index (κ2) is 7.13. The van der Waals surface area contributed by atoms with Crippen LogP contribution in [-0.2, 0) is 0 Å². The molecule has 0 radical (unpaired) electrons. The fraction of sp³-hybridized carbons (Fsp3) is 0.333. The number of ether oxygens (including phenoxy) is 1. The fourth-order valence-electron chi connectivity index (χ4n) is 2.96. The summed E-state index contributed by atoms with van der Waals surface area (Å²) >= 11 is 0. The van der Waals surface area contributed by atoms with Crippen molar-refractivity contribution in [2.45, 2.75) is 19.2 Å². The second-order valence-electron chi connectivity index (χ2n) is 5.89. The van der Waals surface area contributed by atoms with Gasteiger partial charge in [-0.2, -0.15) is 0 Å². The van der Waals surface area contributed by atoms with Gasteiger partial charge in [0.2, 0.25) is 0 Å². The number of nitrogens with zero attached hydrogens (tertiary/aromatic N) is 2. The number of Topliss-reactive ketones (excluding diaryl/α,β-unsaturated/α-hetero) is 1. The number of carbonyl (C=O) groups excluding carboxylic acids is 1. The van der Waals surface area contributed by atoms with E-state index in [2.05, 4.69) is 9.72 Å². The van der Waals surface area contributed by atoms with E-state index in [0.717, 1.165) is 6.20 Å². The Bertz CT molecular complexity index is 709. The molecule has 1 aliphatic rings. The molecule has 1 saturated heterocycles. The number of alkyl halides is 3. The van der Waals surface area contributed by atoms with Crippen LogP contribution in [0, 0.1) is 5.92 Å². The zero-order valence-corrected chi connectivity index (χ0v) is 13.4. The van der Waals surface area contributed by atoms with E-state index < -0.39 is 6.36 Å². The minimum absolute atomic E-state index is 0.0357. The minimum atomic E-state index is -4.72. The summed E-state index contributed by atoms with van der Waals surface area (Å²) in [4.78, 5) is 18.5. The highest BCUT2D eigenvalue weighted by Gasteiger charge is 2.31. The van der Waals surface area contributed by atoms with Crippen LogP contribution >= 0.6 is 0 Å². The quantitative estimate of drug-likeness (QED) is 0.780. The zero-order chi connectivity index (χ0) is 17.9. The molecule has 25 heavy (non-hydrogen) atoms. The molecule has 4 nitrogen and oxygen atoms in total. The summed E-state index contributed by atoms with van der Waals surface area (Å²) in [5.41, 5.74) is 0.715. The Kier molecular flexibility index (Phi) is 4.92. The molecule has 0 amide bonds. The van der Waals surface area contributed by atoms with Gasteiger partial charge in [-0.1, -0.05) is 30.3 Å². The number of hydrogen-bond donors (Lipinski definition) is 0. The lowest BCUT2D eigenvalue weighted by Gasteiger charge is -2.32. The number of halogens is 3. The lowest BCUT2D eigenvalue weighted by atomic mass is 9.89. The van der Waals surface area contributed by atoms with Gasteiger partial charge in [0.25, 0.3) is 0 Å². The topological polar surface area (TPSA) is 42.4 Å². The maximum atomic E-state index is 12.5. The molecule has 2 heterocycles. The van der Waals surface area contributed by atoms with Gasteiger partial charge in [0.05, 0.1) is 6.20 Å². The van der Waals surface area contributed by atoms with Crippen LogP contribution in [0.25, 0.3) is 0 Å². The molecule has 0 spiro atoms. The Morgan fingerprint density at radius 1 is 1.08 bits per heavy atom. The first-order valence-corrected chi connectivity index (χ1v) is 7.98. The van der Waals surface area contributed by atoms with E-state index in [0.29, 0.717) is 37.3 Å². The molecule has 3 rings (SSSR count). The smallest absolute Gasteiger partial charge is 0.404 e. The van der Waals surface area contributed by atoms with Crippen molar-refractivity contribution in [2.24, 2.45) is 5.92 Å². The Hall–Kier alpha value is -2.57. The normalized spacial score (nSPS) is 15.9. The van der Waals surface area contributed by atoms with Gasteiger partial charge in [-0.25, -0.2) is 4.98 Å². The molecule has 1 aromatic heterocycles. The lowest BCUT2D eigenvalue weighted by Crippen LogP contribution is -2.36. The summed E-state index contributed by atoms with van der Waals surface area (Å²) in [5, 5.41) is 0. The highest BCUT2D eigenvalue weighted by molar-refractivity contribution is 5.97. The van der Waals surface area contributed by atoms with Crippen molar-refractivity contribution in [1.29, 1.82) is 0 Å². The molecule has 0 N–H and O–H groups in total. The van der Waals surface area contributed by atoms with Gasteiger partial charge in [-0.3, -0.25) is 4.79 Å². The van der Waals surface area contributed by atoms with Crippen LogP contribution in [0.3, 0.4) is 0 Å². The predicted molar refractivity (Wildman–Crippen MR) is 86.6 cm³/mol. The summed E-state index contributed by atoms with van der Waals surface area (Å²) in [5.74, 6) is 0.346. The first-order chi connectivity index (χ1) is 11.9. The van der Waals surface area contributed by atoms with Gasteiger partial charge in [-0.05, 0) is 25.0 Å². The van der Waals surface area contributed by atoms with E-state index in [9.17, 15) is 18.0 Å². The number of ketones is 1. The minimum Gasteiger partial charge on any atom is -0.404 e. The number of anilines is 1. The largest absolute Gasteiger partial charge is 0.573 e. The molecule has 0 saturated carbocycles. The Balaban J connectivity index is 1.58. The Morgan fingerprint density at radius 2 is 1.76 bits per heavy atom. The van der Waals surface area contributed by atoms with Crippen molar-refractivity contribution in [3.63, 3.8) is 0 Å². The van der Waals surface area contributed by atoms with Gasteiger partial charge >= 0.3 is 6.36 Å². The van der Waals surface area contributed by atoms with Gasteiger partial charge in [-0.15, -0.1) is 13.2 Å². The van der Waals surface area contributed by atoms with Gasteiger partial charge in [0.15, 0.2) is 5.78 Å². The average molecular weight is 350 g/mol. The van der Waals surface area contributed by atoms with Crippen LogP contribution in [0.5, 0.6) is 5.75 Å². The maximum absolute atomic E-state index is 12.5. The number of rotatable bonds is 4. The second-order valence-corrected chi connectivity index (χ2v) is 5.89. The van der Waals surface area contributed by atoms with E-state index >= 15 is 0 Å². The number of pyridine rings is 1. The van der Waals surface area contributed by atoms with Crippen LogP contribution in [0.1, 0.15) is 23.2 Å². The van der Waals surface area contributed by atoms with Gasteiger partial charge in [0, 0.05) is 24.6 Å². The van der Waals surface area contributed by atoms with Crippen molar-refractivity contribution in [3.8, 4) is 5.75 Å². The number of hydrogen-bond acceptors (Lipinski definition) is 4. The van der Waals surface area contributed by atoms with Gasteiger partial charge < -0.3 is 9.64 Å². The molecular formula is C18H17F3N2O2. The third kappa shape index (κ3) is 4.49. The third-order valence-electron chi connectivity index (χ3n) is 4.20. The Labute approximate surface area is 143 Å². The standard InChI is InChI=1S/C18H17F3N2O2/c19-18(20,21)25-15-6-7-16(22-12-15)23-10-8-14(9-11-23)17(24)13-4-2-1-3-5-13/h1-7,12,14H,8-11H2. The third-order valence-corrected chi connectivity index (χ3v) is 4.20. The number of piperidine rings is 1. The van der Waals surface area contributed by atoms with Crippen molar-refractivity contribution in [2.75, 3.05) is 18.0 Å². The zero-order valence-electron chi connectivity index (χ0n) is 13.4. The van der Waals surface area contributed by atoms with Crippen molar-refractivity contribution in [1.82, 2.24) is 4.98 Å². The molecule has 0 atom stereocenters. The monoisotopic (exact) mass is 350 g/mol. The van der Waals surface area contributed by atoms with E-state index in [-0.39, 0.29) is 17.5 Å². The molecule has 0 bridgehead atoms. The predicted octanol–water partition coefficient (Wildman–Crippen LogP) is 4.08. The molecule has 132 valence electrons. The van der Waals surface area contributed by atoms with Crippen LogP contribution in [-0.4, -0.2) is 30.2 Å². The lowest BCUT2D eigenvalue weighted by molar-refractivity contribution is -0.274. The fourth-order valence-corrected chi connectivity index (χ4v) is 2.96. The highest BCUT2D eigenvalue weighted by atomic mass is 19.4. The van der Waals surface area contributed by atoms with Crippen LogP contribution in [0.2, 0.25) is 0 Å². The summed E-state index contributed by atoms with van der Waals surface area (Å²) in [6, 6.07) is 11.9. The molecular weight excluding hydrogens is 333 g/mol. The molecule has 0 aliphatic carbocycles. The molecule has 0 unspecified atom stereocenters. The maximum Gasteiger partial charge on any atom is 0.573 e. The molecule has 7 heteroatoms. The highest BCUT2D eigenvalue weighted by Crippen LogP contribution is 2.27. The van der Waals surface area contributed by atoms with E-state index in [1.165, 1.54) is 12.1 Å².